The fourth-order valence-electron chi connectivity index (χ4n) is 0.457. The average Bonchev–Trinajstić information content (AvgIpc) is 1.86. The van der Waals surface area contributed by atoms with Crippen molar-refractivity contribution >= 4 is 0 Å². The van der Waals surface area contributed by atoms with E-state index in [0.717, 1.165) is 13.1 Å². The summed E-state index contributed by atoms with van der Waals surface area (Å²) in [7, 11) is 0. The molecule has 3 nitrogen and oxygen atoms in total. The molecule has 1 fully saturated rings. The molecule has 35 valence electrons. The summed E-state index contributed by atoms with van der Waals surface area (Å²) < 4.78 is 0. The van der Waals surface area contributed by atoms with Crippen molar-refractivity contribution in [3.8, 4) is 0 Å². The number of hydrogen-bond donors (Lipinski definition) is 3. The Hall–Kier alpha value is -0.120. The summed E-state index contributed by atoms with van der Waals surface area (Å²) in [6, 6.07) is 0. The molecule has 1 heterocycles. The first-order valence-corrected chi connectivity index (χ1v) is 2.00. The molecule has 0 unspecified atom stereocenters. The third kappa shape index (κ3) is 0.680. The Labute approximate surface area is 36.9 Å². The van der Waals surface area contributed by atoms with Crippen LogP contribution in [0.3, 0.4) is 0 Å². The van der Waals surface area contributed by atoms with Gasteiger partial charge < -0.3 is 0 Å². The highest BCUT2D eigenvalue weighted by molar-refractivity contribution is 4.82. The van der Waals surface area contributed by atoms with Gasteiger partial charge in [0.25, 0.3) is 0 Å². The van der Waals surface area contributed by atoms with E-state index < -0.39 is 0 Å². The molecule has 0 aliphatic carbocycles. The quantitative estimate of drug-likeness (QED) is 0.339. The van der Waals surface area contributed by atoms with Gasteiger partial charge >= 0.3 is 0 Å². The van der Waals surface area contributed by atoms with E-state index in [0.29, 0.717) is 6.29 Å². The lowest BCUT2D eigenvalue weighted by Gasteiger charge is -1.95. The maximum atomic E-state index is 5.23. The van der Waals surface area contributed by atoms with Gasteiger partial charge in [0, 0.05) is 13.1 Å². The van der Waals surface area contributed by atoms with Crippen LogP contribution >= 0.6 is 0 Å². The molecular formula is C3H8N3. The summed E-state index contributed by atoms with van der Waals surface area (Å²) in [5.74, 6) is 0. The standard InChI is InChI=1S/C3H8N3/c4-3-5-1-2-6-3/h5-6H,1-2,4H2. The molecule has 1 radical (unpaired) electrons. The Morgan fingerprint density at radius 2 is 1.83 bits per heavy atom. The van der Waals surface area contributed by atoms with Gasteiger partial charge in [0.2, 0.25) is 0 Å². The van der Waals surface area contributed by atoms with Gasteiger partial charge in [0.15, 0.2) is 6.29 Å². The molecule has 0 amide bonds. The zero-order valence-electron chi connectivity index (χ0n) is 3.49. The molecule has 0 aromatic rings. The Kier molecular flexibility index (Phi) is 1.05. The lowest BCUT2D eigenvalue weighted by Crippen LogP contribution is -2.29. The normalized spacial score (nSPS) is 25.5. The van der Waals surface area contributed by atoms with Crippen LogP contribution in [-0.4, -0.2) is 13.1 Å². The highest BCUT2D eigenvalue weighted by Crippen LogP contribution is 1.79. The fourth-order valence-corrected chi connectivity index (χ4v) is 0.457. The number of nitrogens with two attached hydrogens (primary N) is 1. The number of rotatable bonds is 0. The second kappa shape index (κ2) is 1.55. The lowest BCUT2D eigenvalue weighted by molar-refractivity contribution is 0.750. The smallest absolute Gasteiger partial charge is 0.168 e. The molecule has 3 heteroatoms. The Morgan fingerprint density at radius 1 is 1.33 bits per heavy atom. The molecule has 0 saturated carbocycles. The van der Waals surface area contributed by atoms with Crippen LogP contribution in [0.1, 0.15) is 0 Å². The zero-order valence-corrected chi connectivity index (χ0v) is 3.49. The van der Waals surface area contributed by atoms with Crippen molar-refractivity contribution in [3.63, 3.8) is 0 Å². The van der Waals surface area contributed by atoms with Gasteiger partial charge in [-0.25, -0.2) is 0 Å². The topological polar surface area (TPSA) is 50.1 Å². The van der Waals surface area contributed by atoms with Crippen molar-refractivity contribution in [2.24, 2.45) is 5.73 Å². The van der Waals surface area contributed by atoms with Crippen LogP contribution in [0.5, 0.6) is 0 Å². The van der Waals surface area contributed by atoms with Crippen LogP contribution in [0.2, 0.25) is 0 Å². The SMILES string of the molecule is N[C]1NCCN1. The summed E-state index contributed by atoms with van der Waals surface area (Å²) in [5.41, 5.74) is 5.23. The maximum absolute atomic E-state index is 5.23. The van der Waals surface area contributed by atoms with Crippen molar-refractivity contribution < 1.29 is 0 Å². The second-order valence-corrected chi connectivity index (χ2v) is 1.27. The van der Waals surface area contributed by atoms with Crippen LogP contribution in [0, 0.1) is 6.29 Å². The first-order valence-electron chi connectivity index (χ1n) is 2.00. The largest absolute Gasteiger partial charge is 0.297 e. The van der Waals surface area contributed by atoms with E-state index in [4.69, 9.17) is 5.73 Å². The summed E-state index contributed by atoms with van der Waals surface area (Å²) in [6.45, 7) is 1.93. The van der Waals surface area contributed by atoms with E-state index in [1.165, 1.54) is 0 Å². The number of hydrogen-bond acceptors (Lipinski definition) is 3. The van der Waals surface area contributed by atoms with Crippen molar-refractivity contribution in [1.82, 2.24) is 10.6 Å². The summed E-state index contributed by atoms with van der Waals surface area (Å²) in [4.78, 5) is 0. The zero-order chi connectivity index (χ0) is 4.41. The lowest BCUT2D eigenvalue weighted by atomic mass is 10.7. The highest BCUT2D eigenvalue weighted by Gasteiger charge is 2.05. The molecular weight excluding hydrogens is 78.1 g/mol. The molecule has 1 saturated heterocycles. The van der Waals surface area contributed by atoms with Crippen molar-refractivity contribution in [2.45, 2.75) is 0 Å². The molecule has 0 aromatic carbocycles. The minimum Gasteiger partial charge on any atom is -0.297 e. The monoisotopic (exact) mass is 86.1 g/mol. The van der Waals surface area contributed by atoms with E-state index in [-0.39, 0.29) is 0 Å². The van der Waals surface area contributed by atoms with Crippen LogP contribution in [0.25, 0.3) is 0 Å². The van der Waals surface area contributed by atoms with E-state index >= 15 is 0 Å². The van der Waals surface area contributed by atoms with Crippen molar-refractivity contribution in [3.05, 3.63) is 6.29 Å². The summed E-state index contributed by atoms with van der Waals surface area (Å²) >= 11 is 0. The van der Waals surface area contributed by atoms with Crippen molar-refractivity contribution in [2.75, 3.05) is 13.1 Å². The summed E-state index contributed by atoms with van der Waals surface area (Å²) in [5, 5.41) is 5.81. The predicted molar refractivity (Wildman–Crippen MR) is 23.4 cm³/mol. The molecule has 0 aromatic heterocycles. The highest BCUT2D eigenvalue weighted by atomic mass is 15.3. The molecule has 0 spiro atoms. The van der Waals surface area contributed by atoms with E-state index in [1.807, 2.05) is 0 Å². The first-order chi connectivity index (χ1) is 2.89. The van der Waals surface area contributed by atoms with Gasteiger partial charge in [-0.1, -0.05) is 0 Å². The Morgan fingerprint density at radius 3 is 2.00 bits per heavy atom. The van der Waals surface area contributed by atoms with Gasteiger partial charge in [-0.05, 0) is 0 Å². The Bertz CT molecular complexity index is 39.3. The van der Waals surface area contributed by atoms with Crippen molar-refractivity contribution in [1.29, 1.82) is 0 Å². The third-order valence-electron chi connectivity index (χ3n) is 0.756. The van der Waals surface area contributed by atoms with Crippen LogP contribution in [0.4, 0.5) is 0 Å². The maximum Gasteiger partial charge on any atom is 0.168 e. The van der Waals surface area contributed by atoms with Gasteiger partial charge in [0.05, 0.1) is 0 Å². The Balaban J connectivity index is 2.18. The van der Waals surface area contributed by atoms with Gasteiger partial charge in [0.1, 0.15) is 0 Å². The van der Waals surface area contributed by atoms with Gasteiger partial charge in [-0.2, -0.15) is 0 Å². The molecule has 6 heavy (non-hydrogen) atoms. The molecule has 0 atom stereocenters. The van der Waals surface area contributed by atoms with E-state index in [2.05, 4.69) is 10.6 Å². The van der Waals surface area contributed by atoms with Gasteiger partial charge in [-0.15, -0.1) is 0 Å². The van der Waals surface area contributed by atoms with Gasteiger partial charge in [-0.3, -0.25) is 16.4 Å². The van der Waals surface area contributed by atoms with Crippen LogP contribution < -0.4 is 16.4 Å². The van der Waals surface area contributed by atoms with E-state index in [9.17, 15) is 0 Å². The molecule has 0 bridgehead atoms. The second-order valence-electron chi connectivity index (χ2n) is 1.27. The minimum atomic E-state index is 0.704. The summed E-state index contributed by atoms with van der Waals surface area (Å²) in [6.07, 6.45) is 0.704. The van der Waals surface area contributed by atoms with Crippen LogP contribution in [-0.2, 0) is 0 Å². The molecule has 1 aliphatic heterocycles. The van der Waals surface area contributed by atoms with Crippen LogP contribution in [0.15, 0.2) is 0 Å². The number of nitrogens with one attached hydrogen (secondary N) is 2. The average molecular weight is 86.1 g/mol. The molecule has 1 aliphatic rings. The first kappa shape index (κ1) is 4.05. The van der Waals surface area contributed by atoms with E-state index in [1.54, 1.807) is 0 Å². The molecule has 1 rings (SSSR count). The fraction of sp³-hybridized carbons (Fsp3) is 0.667. The minimum absolute atomic E-state index is 0.704. The third-order valence-corrected chi connectivity index (χ3v) is 0.756. The predicted octanol–water partition coefficient (Wildman–Crippen LogP) is -1.42. The molecule has 4 N–H and O–H groups in total.